The van der Waals surface area contributed by atoms with Crippen molar-refractivity contribution in [3.05, 3.63) is 29.3 Å². The fourth-order valence-electron chi connectivity index (χ4n) is 2.11. The van der Waals surface area contributed by atoms with Crippen LogP contribution >= 0.6 is 0 Å². The molecule has 0 saturated carbocycles. The van der Waals surface area contributed by atoms with Gasteiger partial charge in [0, 0.05) is 6.61 Å². The molecular weight excluding hydrogens is 264 g/mol. The van der Waals surface area contributed by atoms with Crippen LogP contribution in [0.15, 0.2) is 23.1 Å². The van der Waals surface area contributed by atoms with Gasteiger partial charge in [0.25, 0.3) is 0 Å². The highest BCUT2D eigenvalue weighted by atomic mass is 32.2. The smallest absolute Gasteiger partial charge is 0.241 e. The molecule has 1 aliphatic heterocycles. The molecule has 0 amide bonds. The first kappa shape index (κ1) is 14.0. The molecule has 6 heteroatoms. The Morgan fingerprint density at radius 2 is 2.21 bits per heavy atom. The van der Waals surface area contributed by atoms with Crippen LogP contribution in [0.25, 0.3) is 0 Å². The number of nitriles is 1. The molecule has 1 fully saturated rings. The highest BCUT2D eigenvalue weighted by Crippen LogP contribution is 2.20. The first-order valence-electron chi connectivity index (χ1n) is 6.09. The topological polar surface area (TPSA) is 79.2 Å². The zero-order chi connectivity index (χ0) is 14.0. The van der Waals surface area contributed by atoms with E-state index < -0.39 is 10.0 Å². The monoisotopic (exact) mass is 280 g/mol. The Morgan fingerprint density at radius 1 is 1.47 bits per heavy atom. The van der Waals surface area contributed by atoms with Gasteiger partial charge in [0.15, 0.2) is 0 Å². The van der Waals surface area contributed by atoms with Gasteiger partial charge in [0.2, 0.25) is 10.0 Å². The summed E-state index contributed by atoms with van der Waals surface area (Å²) in [5.74, 6) is 0. The van der Waals surface area contributed by atoms with E-state index in [2.05, 4.69) is 4.72 Å². The van der Waals surface area contributed by atoms with Crippen molar-refractivity contribution in [3.8, 4) is 6.07 Å². The molecule has 2 atom stereocenters. The van der Waals surface area contributed by atoms with Crippen LogP contribution in [0, 0.1) is 18.3 Å². The van der Waals surface area contributed by atoms with Gasteiger partial charge in [-0.25, -0.2) is 13.1 Å². The molecule has 102 valence electrons. The van der Waals surface area contributed by atoms with Crippen molar-refractivity contribution in [3.63, 3.8) is 0 Å². The van der Waals surface area contributed by atoms with Gasteiger partial charge in [0.1, 0.15) is 0 Å². The molecule has 0 radical (unpaired) electrons. The lowest BCUT2D eigenvalue weighted by atomic mass is 10.2. The molecule has 0 aromatic heterocycles. The minimum atomic E-state index is -3.62. The Labute approximate surface area is 113 Å². The molecule has 0 bridgehead atoms. The van der Waals surface area contributed by atoms with Crippen LogP contribution in [0.5, 0.6) is 0 Å². The van der Waals surface area contributed by atoms with Crippen LogP contribution < -0.4 is 4.72 Å². The maximum atomic E-state index is 12.3. The Morgan fingerprint density at radius 3 is 2.79 bits per heavy atom. The average molecular weight is 280 g/mol. The summed E-state index contributed by atoms with van der Waals surface area (Å²) in [4.78, 5) is 0.158. The molecule has 1 aromatic rings. The Hall–Kier alpha value is -1.42. The Kier molecular flexibility index (Phi) is 3.90. The summed E-state index contributed by atoms with van der Waals surface area (Å²) >= 11 is 0. The minimum Gasteiger partial charge on any atom is -0.377 e. The quantitative estimate of drug-likeness (QED) is 0.905. The summed E-state index contributed by atoms with van der Waals surface area (Å²) in [7, 11) is -3.62. The van der Waals surface area contributed by atoms with E-state index in [1.807, 2.05) is 13.0 Å². The summed E-state index contributed by atoms with van der Waals surface area (Å²) in [6.07, 6.45) is 0.534. The van der Waals surface area contributed by atoms with Crippen molar-refractivity contribution < 1.29 is 13.2 Å². The van der Waals surface area contributed by atoms with Gasteiger partial charge in [-0.1, -0.05) is 6.07 Å². The van der Waals surface area contributed by atoms with E-state index in [0.29, 0.717) is 24.2 Å². The van der Waals surface area contributed by atoms with Crippen molar-refractivity contribution in [1.82, 2.24) is 4.72 Å². The summed E-state index contributed by atoms with van der Waals surface area (Å²) < 4.78 is 32.7. The predicted molar refractivity (Wildman–Crippen MR) is 70.0 cm³/mol. The second kappa shape index (κ2) is 5.29. The number of rotatable bonds is 3. The van der Waals surface area contributed by atoms with Crippen molar-refractivity contribution in [2.45, 2.75) is 37.3 Å². The number of nitrogens with one attached hydrogen (secondary N) is 1. The number of nitrogens with zero attached hydrogens (tertiary/aromatic N) is 1. The van der Waals surface area contributed by atoms with Crippen molar-refractivity contribution in [2.24, 2.45) is 0 Å². The predicted octanol–water partition coefficient (Wildman–Crippen LogP) is 1.32. The number of hydrogen-bond donors (Lipinski definition) is 1. The van der Waals surface area contributed by atoms with Gasteiger partial charge in [-0.3, -0.25) is 0 Å². The second-order valence-electron chi connectivity index (χ2n) is 4.68. The zero-order valence-corrected chi connectivity index (χ0v) is 11.7. The Bertz CT molecular complexity index is 619. The third kappa shape index (κ3) is 2.95. The molecule has 1 heterocycles. The van der Waals surface area contributed by atoms with E-state index in [4.69, 9.17) is 10.00 Å². The molecule has 2 rings (SSSR count). The van der Waals surface area contributed by atoms with Crippen LogP contribution in [0.1, 0.15) is 24.5 Å². The van der Waals surface area contributed by atoms with Crippen LogP contribution in [-0.4, -0.2) is 27.2 Å². The molecule has 19 heavy (non-hydrogen) atoms. The van der Waals surface area contributed by atoms with Crippen LogP contribution in [0.2, 0.25) is 0 Å². The number of aryl methyl sites for hydroxylation is 1. The third-order valence-electron chi connectivity index (χ3n) is 3.29. The maximum Gasteiger partial charge on any atom is 0.241 e. The minimum absolute atomic E-state index is 0.130. The van der Waals surface area contributed by atoms with Gasteiger partial charge in [-0.15, -0.1) is 0 Å². The second-order valence-corrected chi connectivity index (χ2v) is 6.37. The highest BCUT2D eigenvalue weighted by Gasteiger charge is 2.29. The van der Waals surface area contributed by atoms with Gasteiger partial charge >= 0.3 is 0 Å². The van der Waals surface area contributed by atoms with Gasteiger partial charge in [-0.05, 0) is 38.0 Å². The van der Waals surface area contributed by atoms with E-state index >= 15 is 0 Å². The van der Waals surface area contributed by atoms with E-state index in [1.54, 1.807) is 19.1 Å². The zero-order valence-electron chi connectivity index (χ0n) is 10.9. The average Bonchev–Trinajstić information content (AvgIpc) is 2.75. The van der Waals surface area contributed by atoms with Crippen LogP contribution in [0.3, 0.4) is 0 Å². The molecular formula is C13H16N2O3S. The molecule has 5 nitrogen and oxygen atoms in total. The molecule has 0 spiro atoms. The molecule has 1 aliphatic rings. The first-order chi connectivity index (χ1) is 8.94. The Balaban J connectivity index is 2.32. The standard InChI is InChI=1S/C13H16N2O3S/c1-9-3-4-11(8-14)7-13(9)19(16,17)15-12-5-6-18-10(12)2/h3-4,7,10,12,15H,5-6H2,1-2H3. The molecule has 1 saturated heterocycles. The normalized spacial score (nSPS) is 23.2. The SMILES string of the molecule is Cc1ccc(C#N)cc1S(=O)(=O)NC1CCOC1C. The fraction of sp³-hybridized carbons (Fsp3) is 0.462. The van der Waals surface area contributed by atoms with Gasteiger partial charge < -0.3 is 4.74 Å². The summed E-state index contributed by atoms with van der Waals surface area (Å²) in [6.45, 7) is 4.12. The van der Waals surface area contributed by atoms with E-state index in [0.717, 1.165) is 0 Å². The summed E-state index contributed by atoms with van der Waals surface area (Å²) in [5, 5.41) is 8.86. The first-order valence-corrected chi connectivity index (χ1v) is 7.57. The van der Waals surface area contributed by atoms with Crippen molar-refractivity contribution in [2.75, 3.05) is 6.61 Å². The fourth-order valence-corrected chi connectivity index (χ4v) is 3.72. The van der Waals surface area contributed by atoms with E-state index in [9.17, 15) is 8.42 Å². The number of benzene rings is 1. The van der Waals surface area contributed by atoms with E-state index in [1.165, 1.54) is 6.07 Å². The van der Waals surface area contributed by atoms with Crippen LogP contribution in [-0.2, 0) is 14.8 Å². The number of sulfonamides is 1. The summed E-state index contributed by atoms with van der Waals surface area (Å²) in [5.41, 5.74) is 0.958. The maximum absolute atomic E-state index is 12.3. The largest absolute Gasteiger partial charge is 0.377 e. The van der Waals surface area contributed by atoms with Gasteiger partial charge in [-0.2, -0.15) is 5.26 Å². The number of hydrogen-bond acceptors (Lipinski definition) is 4. The number of ether oxygens (including phenoxy) is 1. The van der Waals surface area contributed by atoms with Crippen molar-refractivity contribution in [1.29, 1.82) is 5.26 Å². The van der Waals surface area contributed by atoms with Crippen molar-refractivity contribution >= 4 is 10.0 Å². The van der Waals surface area contributed by atoms with Gasteiger partial charge in [0.05, 0.1) is 28.7 Å². The lowest BCUT2D eigenvalue weighted by Gasteiger charge is -2.17. The molecule has 1 aromatic carbocycles. The molecule has 1 N–H and O–H groups in total. The molecule has 0 aliphatic carbocycles. The highest BCUT2D eigenvalue weighted by molar-refractivity contribution is 7.89. The summed E-state index contributed by atoms with van der Waals surface area (Å²) in [6, 6.07) is 6.39. The van der Waals surface area contributed by atoms with E-state index in [-0.39, 0.29) is 17.0 Å². The third-order valence-corrected chi connectivity index (χ3v) is 4.92. The lowest BCUT2D eigenvalue weighted by Crippen LogP contribution is -2.39. The lowest BCUT2D eigenvalue weighted by molar-refractivity contribution is 0.117. The van der Waals surface area contributed by atoms with Crippen LogP contribution in [0.4, 0.5) is 0 Å². The molecule has 2 unspecified atom stereocenters.